The molecule has 3 rings (SSSR count). The Bertz CT molecular complexity index is 1230. The van der Waals surface area contributed by atoms with Crippen LogP contribution < -0.4 is 19.6 Å². The summed E-state index contributed by atoms with van der Waals surface area (Å²) < 4.78 is 15.9. The number of nitro groups is 1. The Labute approximate surface area is 198 Å². The molecule has 10 nitrogen and oxygen atoms in total. The fourth-order valence-electron chi connectivity index (χ4n) is 2.64. The maximum Gasteiger partial charge on any atom is 0.343 e. The Morgan fingerprint density at radius 3 is 2.53 bits per heavy atom. The van der Waals surface area contributed by atoms with Crippen molar-refractivity contribution in [2.24, 2.45) is 5.10 Å². The molecule has 0 spiro atoms. The topological polar surface area (TPSA) is 129 Å². The Balaban J connectivity index is 1.57. The van der Waals surface area contributed by atoms with Gasteiger partial charge in [0.2, 0.25) is 0 Å². The molecule has 11 heteroatoms. The molecular weight excluding hydrogens is 466 g/mol. The first kappa shape index (κ1) is 24.2. The highest BCUT2D eigenvalue weighted by Crippen LogP contribution is 2.28. The lowest BCUT2D eigenvalue weighted by Gasteiger charge is -2.10. The van der Waals surface area contributed by atoms with Crippen LogP contribution in [0, 0.1) is 10.1 Å². The second-order valence-corrected chi connectivity index (χ2v) is 7.08. The van der Waals surface area contributed by atoms with Gasteiger partial charge in [0.25, 0.3) is 11.6 Å². The van der Waals surface area contributed by atoms with Crippen LogP contribution in [-0.2, 0) is 4.79 Å². The number of carbonyl (C=O) groups is 2. The van der Waals surface area contributed by atoms with E-state index in [4.69, 9.17) is 25.8 Å². The monoisotopic (exact) mass is 483 g/mol. The first-order chi connectivity index (χ1) is 16.4. The molecule has 0 atom stereocenters. The van der Waals surface area contributed by atoms with Gasteiger partial charge in [-0.2, -0.15) is 5.10 Å². The molecule has 1 amide bonds. The number of methoxy groups -OCH3 is 1. The van der Waals surface area contributed by atoms with Crippen LogP contribution in [0.5, 0.6) is 17.2 Å². The van der Waals surface area contributed by atoms with Crippen molar-refractivity contribution in [2.45, 2.75) is 0 Å². The number of ether oxygens (including phenoxy) is 3. The number of nitro benzene ring substituents is 1. The van der Waals surface area contributed by atoms with Crippen LogP contribution in [0.25, 0.3) is 0 Å². The first-order valence-electron chi connectivity index (χ1n) is 9.70. The van der Waals surface area contributed by atoms with Gasteiger partial charge in [0, 0.05) is 17.2 Å². The van der Waals surface area contributed by atoms with E-state index >= 15 is 0 Å². The van der Waals surface area contributed by atoms with E-state index in [9.17, 15) is 19.7 Å². The molecule has 3 aromatic rings. The van der Waals surface area contributed by atoms with E-state index in [1.54, 1.807) is 36.4 Å². The summed E-state index contributed by atoms with van der Waals surface area (Å²) in [7, 11) is 1.40. The highest BCUT2D eigenvalue weighted by atomic mass is 35.5. The van der Waals surface area contributed by atoms with Gasteiger partial charge in [-0.15, -0.1) is 0 Å². The van der Waals surface area contributed by atoms with Crippen LogP contribution in [-0.4, -0.2) is 36.7 Å². The number of carbonyl (C=O) groups excluding carboxylic acids is 2. The van der Waals surface area contributed by atoms with Crippen molar-refractivity contribution < 1.29 is 28.7 Å². The van der Waals surface area contributed by atoms with E-state index < -0.39 is 16.8 Å². The lowest BCUT2D eigenvalue weighted by Crippen LogP contribution is -2.24. The molecule has 0 aliphatic heterocycles. The lowest BCUT2D eigenvalue weighted by atomic mass is 10.2. The third kappa shape index (κ3) is 6.78. The van der Waals surface area contributed by atoms with Crippen molar-refractivity contribution in [3.8, 4) is 17.2 Å². The third-order valence-electron chi connectivity index (χ3n) is 4.27. The van der Waals surface area contributed by atoms with E-state index in [1.807, 2.05) is 0 Å². The van der Waals surface area contributed by atoms with Crippen molar-refractivity contribution in [1.29, 1.82) is 0 Å². The Hall–Kier alpha value is -4.44. The van der Waals surface area contributed by atoms with Gasteiger partial charge in [0.05, 0.1) is 23.8 Å². The number of hydrogen-bond donors (Lipinski definition) is 1. The summed E-state index contributed by atoms with van der Waals surface area (Å²) in [5, 5.41) is 15.1. The summed E-state index contributed by atoms with van der Waals surface area (Å²) in [5.74, 6) is -0.342. The summed E-state index contributed by atoms with van der Waals surface area (Å²) in [4.78, 5) is 34.4. The average molecular weight is 484 g/mol. The Morgan fingerprint density at radius 1 is 1.09 bits per heavy atom. The number of esters is 1. The second kappa shape index (κ2) is 11.4. The van der Waals surface area contributed by atoms with E-state index in [0.29, 0.717) is 16.3 Å². The summed E-state index contributed by atoms with van der Waals surface area (Å²) in [6, 6.07) is 16.3. The molecule has 174 valence electrons. The smallest absolute Gasteiger partial charge is 0.343 e. The van der Waals surface area contributed by atoms with Crippen molar-refractivity contribution >= 4 is 35.4 Å². The minimum absolute atomic E-state index is 0.138. The van der Waals surface area contributed by atoms with Crippen LogP contribution in [0.15, 0.2) is 71.8 Å². The number of non-ortho nitro benzene ring substituents is 1. The van der Waals surface area contributed by atoms with Gasteiger partial charge in [0.15, 0.2) is 18.1 Å². The molecule has 0 fully saturated rings. The van der Waals surface area contributed by atoms with Gasteiger partial charge < -0.3 is 14.2 Å². The van der Waals surface area contributed by atoms with Crippen LogP contribution in [0.2, 0.25) is 5.02 Å². The standard InChI is InChI=1S/C23H18ClN3O7/c1-32-21-11-15(13-25-26-22(28)14-33-19-4-2-3-17(24)12-19)5-10-20(21)34-23(29)16-6-8-18(9-7-16)27(30)31/h2-13H,14H2,1H3,(H,26,28). The largest absolute Gasteiger partial charge is 0.493 e. The predicted molar refractivity (Wildman–Crippen MR) is 124 cm³/mol. The van der Waals surface area contributed by atoms with Gasteiger partial charge in [0.1, 0.15) is 5.75 Å². The minimum Gasteiger partial charge on any atom is -0.493 e. The fraction of sp³-hybridized carbons (Fsp3) is 0.0870. The van der Waals surface area contributed by atoms with Gasteiger partial charge >= 0.3 is 5.97 Å². The number of benzene rings is 3. The fourth-order valence-corrected chi connectivity index (χ4v) is 2.82. The van der Waals surface area contributed by atoms with E-state index in [-0.39, 0.29) is 29.4 Å². The molecule has 0 unspecified atom stereocenters. The number of rotatable bonds is 9. The lowest BCUT2D eigenvalue weighted by molar-refractivity contribution is -0.384. The number of nitrogens with zero attached hydrogens (tertiary/aromatic N) is 2. The number of hydrazone groups is 1. The molecule has 0 aliphatic carbocycles. The summed E-state index contributed by atoms with van der Waals surface area (Å²) >= 11 is 5.86. The zero-order valence-corrected chi connectivity index (χ0v) is 18.5. The zero-order valence-electron chi connectivity index (χ0n) is 17.8. The highest BCUT2D eigenvalue weighted by Gasteiger charge is 2.14. The van der Waals surface area contributed by atoms with Crippen molar-refractivity contribution in [2.75, 3.05) is 13.7 Å². The molecular formula is C23H18ClN3O7. The maximum absolute atomic E-state index is 12.3. The van der Waals surface area contributed by atoms with Gasteiger partial charge in [-0.05, 0) is 54.1 Å². The molecule has 1 N–H and O–H groups in total. The highest BCUT2D eigenvalue weighted by molar-refractivity contribution is 6.30. The van der Waals surface area contributed by atoms with Crippen LogP contribution in [0.3, 0.4) is 0 Å². The molecule has 0 saturated heterocycles. The molecule has 3 aromatic carbocycles. The summed E-state index contributed by atoms with van der Waals surface area (Å²) in [6.45, 7) is -0.251. The van der Waals surface area contributed by atoms with Crippen molar-refractivity contribution in [3.05, 3.63) is 93.0 Å². The maximum atomic E-state index is 12.3. The number of amides is 1. The predicted octanol–water partition coefficient (Wildman–Crippen LogP) is 4.01. The molecule has 0 heterocycles. The Morgan fingerprint density at radius 2 is 1.85 bits per heavy atom. The van der Waals surface area contributed by atoms with Crippen molar-refractivity contribution in [1.82, 2.24) is 5.43 Å². The third-order valence-corrected chi connectivity index (χ3v) is 4.51. The second-order valence-electron chi connectivity index (χ2n) is 6.64. The quantitative estimate of drug-likeness (QED) is 0.160. The number of halogens is 1. The Kier molecular flexibility index (Phi) is 8.14. The first-order valence-corrected chi connectivity index (χ1v) is 10.1. The number of nitrogens with one attached hydrogen (secondary N) is 1. The summed E-state index contributed by atoms with van der Waals surface area (Å²) in [6.07, 6.45) is 1.38. The molecule has 0 bridgehead atoms. The van der Waals surface area contributed by atoms with Crippen molar-refractivity contribution in [3.63, 3.8) is 0 Å². The SMILES string of the molecule is COc1cc(C=NNC(=O)COc2cccc(Cl)c2)ccc1OC(=O)c1ccc([N+](=O)[O-])cc1. The zero-order chi connectivity index (χ0) is 24.5. The average Bonchev–Trinajstić information content (AvgIpc) is 2.83. The van der Waals surface area contributed by atoms with Crippen LogP contribution in [0.4, 0.5) is 5.69 Å². The summed E-state index contributed by atoms with van der Waals surface area (Å²) in [5.41, 5.74) is 2.89. The van der Waals surface area contributed by atoms with Gasteiger partial charge in [-0.25, -0.2) is 10.2 Å². The number of hydrogen-bond acceptors (Lipinski definition) is 8. The van der Waals surface area contributed by atoms with E-state index in [0.717, 1.165) is 0 Å². The minimum atomic E-state index is -0.707. The van der Waals surface area contributed by atoms with Crippen LogP contribution in [0.1, 0.15) is 15.9 Å². The molecule has 0 radical (unpaired) electrons. The normalized spacial score (nSPS) is 10.5. The van der Waals surface area contributed by atoms with E-state index in [1.165, 1.54) is 43.7 Å². The molecule has 0 saturated carbocycles. The molecule has 34 heavy (non-hydrogen) atoms. The van der Waals surface area contributed by atoms with Gasteiger partial charge in [-0.3, -0.25) is 14.9 Å². The molecule has 0 aliphatic rings. The van der Waals surface area contributed by atoms with E-state index in [2.05, 4.69) is 10.5 Å². The van der Waals surface area contributed by atoms with Crippen LogP contribution >= 0.6 is 11.6 Å². The molecule has 0 aromatic heterocycles. The van der Waals surface area contributed by atoms with Gasteiger partial charge in [-0.1, -0.05) is 17.7 Å².